The van der Waals surface area contributed by atoms with Gasteiger partial charge in [-0.2, -0.15) is 0 Å². The summed E-state index contributed by atoms with van der Waals surface area (Å²) in [6.45, 7) is 4.03. The van der Waals surface area contributed by atoms with Crippen LogP contribution in [0.5, 0.6) is 5.75 Å². The zero-order chi connectivity index (χ0) is 15.7. The van der Waals surface area contributed by atoms with Gasteiger partial charge in [-0.15, -0.1) is 0 Å². The third-order valence-electron chi connectivity index (χ3n) is 2.77. The average Bonchev–Trinajstić information content (AvgIpc) is 2.43. The lowest BCUT2D eigenvalue weighted by Gasteiger charge is -2.12. The maximum absolute atomic E-state index is 12.7. The molecular weight excluding hydrogens is 275 g/mol. The minimum Gasteiger partial charge on any atom is -0.494 e. The van der Waals surface area contributed by atoms with Crippen LogP contribution in [0.4, 0.5) is 4.39 Å². The number of amides is 2. The molecule has 5 nitrogen and oxygen atoms in total. The zero-order valence-electron chi connectivity index (χ0n) is 12.3. The van der Waals surface area contributed by atoms with Gasteiger partial charge in [-0.25, -0.2) is 4.39 Å². The summed E-state index contributed by atoms with van der Waals surface area (Å²) in [5.41, 5.74) is 0. The molecule has 0 aromatic heterocycles. The van der Waals surface area contributed by atoms with Crippen LogP contribution < -0.4 is 15.4 Å². The first-order chi connectivity index (χ1) is 9.99. The van der Waals surface area contributed by atoms with Crippen molar-refractivity contribution >= 4 is 11.8 Å². The summed E-state index contributed by atoms with van der Waals surface area (Å²) in [5.74, 6) is -0.104. The van der Waals surface area contributed by atoms with Crippen LogP contribution in [-0.4, -0.2) is 31.0 Å². The predicted molar refractivity (Wildman–Crippen MR) is 77.4 cm³/mol. The molecule has 1 aromatic rings. The van der Waals surface area contributed by atoms with Gasteiger partial charge in [0.1, 0.15) is 17.6 Å². The monoisotopic (exact) mass is 296 g/mol. The molecule has 2 N–H and O–H groups in total. The summed E-state index contributed by atoms with van der Waals surface area (Å²) in [6.07, 6.45) is 1.53. The number of carbonyl (C=O) groups is 2. The molecule has 21 heavy (non-hydrogen) atoms. The van der Waals surface area contributed by atoms with Crippen molar-refractivity contribution in [1.29, 1.82) is 0 Å². The van der Waals surface area contributed by atoms with E-state index in [-0.39, 0.29) is 17.6 Å². The van der Waals surface area contributed by atoms with Gasteiger partial charge in [-0.1, -0.05) is 0 Å². The van der Waals surface area contributed by atoms with Gasteiger partial charge in [0, 0.05) is 13.5 Å². The lowest BCUT2D eigenvalue weighted by Crippen LogP contribution is -2.44. The highest BCUT2D eigenvalue weighted by molar-refractivity contribution is 5.86. The number of unbranched alkanes of at least 4 members (excludes halogenated alkanes) is 1. The van der Waals surface area contributed by atoms with Crippen molar-refractivity contribution in [1.82, 2.24) is 10.6 Å². The largest absolute Gasteiger partial charge is 0.494 e. The van der Waals surface area contributed by atoms with Gasteiger partial charge in [0.15, 0.2) is 0 Å². The van der Waals surface area contributed by atoms with Crippen molar-refractivity contribution in [2.24, 2.45) is 0 Å². The van der Waals surface area contributed by atoms with E-state index in [0.29, 0.717) is 18.9 Å². The maximum Gasteiger partial charge on any atom is 0.242 e. The lowest BCUT2D eigenvalue weighted by atomic mass is 10.3. The molecule has 0 fully saturated rings. The second-order valence-corrected chi connectivity index (χ2v) is 4.72. The molecule has 0 saturated heterocycles. The molecule has 1 aromatic carbocycles. The van der Waals surface area contributed by atoms with Gasteiger partial charge in [0.25, 0.3) is 0 Å². The van der Waals surface area contributed by atoms with E-state index in [4.69, 9.17) is 4.74 Å². The number of rotatable bonds is 8. The van der Waals surface area contributed by atoms with Crippen LogP contribution in [0.3, 0.4) is 0 Å². The first-order valence-electron chi connectivity index (χ1n) is 6.92. The second-order valence-electron chi connectivity index (χ2n) is 4.72. The molecule has 0 saturated carbocycles. The zero-order valence-corrected chi connectivity index (χ0v) is 12.3. The molecule has 0 radical (unpaired) electrons. The van der Waals surface area contributed by atoms with Gasteiger partial charge in [0.2, 0.25) is 11.8 Å². The molecule has 1 rings (SSSR count). The Morgan fingerprint density at radius 1 is 1.24 bits per heavy atom. The second kappa shape index (κ2) is 8.94. The van der Waals surface area contributed by atoms with Crippen molar-refractivity contribution < 1.29 is 18.7 Å². The van der Waals surface area contributed by atoms with Crippen LogP contribution >= 0.6 is 0 Å². The third kappa shape index (κ3) is 7.29. The number of benzene rings is 1. The van der Waals surface area contributed by atoms with E-state index in [1.807, 2.05) is 0 Å². The van der Waals surface area contributed by atoms with Gasteiger partial charge in [0.05, 0.1) is 6.61 Å². The number of hydrogen-bond donors (Lipinski definition) is 2. The first kappa shape index (κ1) is 16.9. The fraction of sp³-hybridized carbons (Fsp3) is 0.467. The molecule has 0 aliphatic carbocycles. The molecule has 1 unspecified atom stereocenters. The van der Waals surface area contributed by atoms with Crippen LogP contribution in [0, 0.1) is 5.82 Å². The first-order valence-corrected chi connectivity index (χ1v) is 6.92. The van der Waals surface area contributed by atoms with E-state index >= 15 is 0 Å². The SMILES string of the molecule is CC(=O)NC(C)C(=O)NCCCCOc1ccc(F)cc1. The number of nitrogens with one attached hydrogen (secondary N) is 2. The van der Waals surface area contributed by atoms with E-state index in [1.165, 1.54) is 19.1 Å². The fourth-order valence-electron chi connectivity index (χ4n) is 1.68. The minimum atomic E-state index is -0.530. The van der Waals surface area contributed by atoms with Crippen molar-refractivity contribution in [3.8, 4) is 5.75 Å². The Bertz CT molecular complexity index is 462. The van der Waals surface area contributed by atoms with E-state index in [9.17, 15) is 14.0 Å². The summed E-state index contributed by atoms with van der Waals surface area (Å²) in [4.78, 5) is 22.4. The van der Waals surface area contributed by atoms with Gasteiger partial charge < -0.3 is 15.4 Å². The van der Waals surface area contributed by atoms with Crippen molar-refractivity contribution in [3.05, 3.63) is 30.1 Å². The van der Waals surface area contributed by atoms with Gasteiger partial charge >= 0.3 is 0 Å². The Morgan fingerprint density at radius 2 is 1.90 bits per heavy atom. The Labute approximate surface area is 123 Å². The van der Waals surface area contributed by atoms with Crippen LogP contribution in [-0.2, 0) is 9.59 Å². The Kier molecular flexibility index (Phi) is 7.21. The predicted octanol–water partition coefficient (Wildman–Crippen LogP) is 1.63. The molecular formula is C15H21FN2O3. The normalized spacial score (nSPS) is 11.6. The number of carbonyl (C=O) groups excluding carboxylic acids is 2. The number of hydrogen-bond acceptors (Lipinski definition) is 3. The van der Waals surface area contributed by atoms with Crippen LogP contribution in [0.15, 0.2) is 24.3 Å². The van der Waals surface area contributed by atoms with E-state index in [0.717, 1.165) is 12.8 Å². The Balaban J connectivity index is 2.08. The summed E-state index contributed by atoms with van der Waals surface area (Å²) < 4.78 is 18.1. The Morgan fingerprint density at radius 3 is 2.52 bits per heavy atom. The highest BCUT2D eigenvalue weighted by atomic mass is 19.1. The summed E-state index contributed by atoms with van der Waals surface area (Å²) in [7, 11) is 0. The smallest absolute Gasteiger partial charge is 0.242 e. The lowest BCUT2D eigenvalue weighted by molar-refractivity contribution is -0.127. The summed E-state index contributed by atoms with van der Waals surface area (Å²) in [6, 6.07) is 5.31. The molecule has 0 heterocycles. The molecule has 1 atom stereocenters. The summed E-state index contributed by atoms with van der Waals surface area (Å²) >= 11 is 0. The topological polar surface area (TPSA) is 67.4 Å². The number of ether oxygens (including phenoxy) is 1. The molecule has 0 aliphatic heterocycles. The molecule has 6 heteroatoms. The highest BCUT2D eigenvalue weighted by Gasteiger charge is 2.12. The van der Waals surface area contributed by atoms with E-state index in [1.54, 1.807) is 19.1 Å². The average molecular weight is 296 g/mol. The standard InChI is InChI=1S/C15H21FN2O3/c1-11(18-12(2)19)15(20)17-9-3-4-10-21-14-7-5-13(16)6-8-14/h5-8,11H,3-4,9-10H2,1-2H3,(H,17,20)(H,18,19). The molecule has 2 amide bonds. The van der Waals surface area contributed by atoms with Crippen LogP contribution in [0.1, 0.15) is 26.7 Å². The van der Waals surface area contributed by atoms with Gasteiger partial charge in [-0.3, -0.25) is 9.59 Å². The minimum absolute atomic E-state index is 0.204. The fourth-order valence-corrected chi connectivity index (χ4v) is 1.68. The van der Waals surface area contributed by atoms with Crippen molar-refractivity contribution in [2.45, 2.75) is 32.7 Å². The molecule has 0 spiro atoms. The molecule has 0 bridgehead atoms. The van der Waals surface area contributed by atoms with Crippen molar-refractivity contribution in [3.63, 3.8) is 0 Å². The summed E-state index contributed by atoms with van der Waals surface area (Å²) in [5, 5.41) is 5.25. The Hall–Kier alpha value is -2.11. The highest BCUT2D eigenvalue weighted by Crippen LogP contribution is 2.11. The molecule has 0 aliphatic rings. The molecule has 116 valence electrons. The van der Waals surface area contributed by atoms with Crippen LogP contribution in [0.2, 0.25) is 0 Å². The van der Waals surface area contributed by atoms with Crippen LogP contribution in [0.25, 0.3) is 0 Å². The quantitative estimate of drug-likeness (QED) is 0.716. The van der Waals surface area contributed by atoms with Crippen molar-refractivity contribution in [2.75, 3.05) is 13.2 Å². The van der Waals surface area contributed by atoms with Gasteiger partial charge in [-0.05, 0) is 44.0 Å². The van der Waals surface area contributed by atoms with E-state index < -0.39 is 6.04 Å². The maximum atomic E-state index is 12.7. The van der Waals surface area contributed by atoms with E-state index in [2.05, 4.69) is 10.6 Å². The third-order valence-corrected chi connectivity index (χ3v) is 2.77. The number of halogens is 1.